The van der Waals surface area contributed by atoms with Gasteiger partial charge in [0, 0.05) is 18.3 Å². The average molecular weight is 474 g/mol. The van der Waals surface area contributed by atoms with Gasteiger partial charge in [0.2, 0.25) is 10.0 Å². The molecule has 0 radical (unpaired) electrons. The number of nitrogens with one attached hydrogen (secondary N) is 1. The highest BCUT2D eigenvalue weighted by Gasteiger charge is 2.39. The van der Waals surface area contributed by atoms with E-state index in [4.69, 9.17) is 4.74 Å². The van der Waals surface area contributed by atoms with E-state index in [-0.39, 0.29) is 36.6 Å². The molecule has 184 valence electrons. The van der Waals surface area contributed by atoms with Gasteiger partial charge in [-0.2, -0.15) is 0 Å². The van der Waals surface area contributed by atoms with Crippen LogP contribution in [0, 0.1) is 17.8 Å². The summed E-state index contributed by atoms with van der Waals surface area (Å²) in [6.07, 6.45) is 11.8. The lowest BCUT2D eigenvalue weighted by molar-refractivity contribution is -0.121. The third-order valence-corrected chi connectivity index (χ3v) is 6.22. The van der Waals surface area contributed by atoms with Crippen molar-refractivity contribution < 1.29 is 33.0 Å². The van der Waals surface area contributed by atoms with Crippen molar-refractivity contribution in [1.82, 2.24) is 4.72 Å². The number of hydrogen-bond acceptors (Lipinski definition) is 7. The number of ether oxygens (including phenoxy) is 1. The second-order valence-electron chi connectivity index (χ2n) is 8.63. The molecule has 0 aromatic heterocycles. The van der Waals surface area contributed by atoms with E-state index in [9.17, 15) is 28.2 Å². The van der Waals surface area contributed by atoms with E-state index in [0.29, 0.717) is 12.8 Å². The predicted molar refractivity (Wildman–Crippen MR) is 123 cm³/mol. The Balaban J connectivity index is 2.39. The first-order valence-corrected chi connectivity index (χ1v) is 13.3. The van der Waals surface area contributed by atoms with Crippen LogP contribution >= 0.6 is 0 Å². The van der Waals surface area contributed by atoms with Crippen molar-refractivity contribution in [2.24, 2.45) is 17.8 Å². The molecular weight excluding hydrogens is 434 g/mol. The van der Waals surface area contributed by atoms with Crippen LogP contribution in [0.4, 0.5) is 4.79 Å². The summed E-state index contributed by atoms with van der Waals surface area (Å²) >= 11 is 0. The summed E-state index contributed by atoms with van der Waals surface area (Å²) in [6.45, 7) is 4.24. The molecule has 0 spiro atoms. The summed E-state index contributed by atoms with van der Waals surface area (Å²) in [5.41, 5.74) is 0. The Kier molecular flexibility index (Phi) is 12.8. The number of carbonyl (C=O) groups is 2. The fraction of sp³-hybridized carbons (Fsp3) is 0.739. The van der Waals surface area contributed by atoms with E-state index >= 15 is 0 Å². The predicted octanol–water partition coefficient (Wildman–Crippen LogP) is 3.10. The van der Waals surface area contributed by atoms with Gasteiger partial charge < -0.3 is 14.9 Å². The molecule has 1 amide bonds. The van der Waals surface area contributed by atoms with Crippen molar-refractivity contribution in [3.8, 4) is 0 Å². The van der Waals surface area contributed by atoms with Gasteiger partial charge in [-0.1, -0.05) is 51.0 Å². The van der Waals surface area contributed by atoms with Gasteiger partial charge >= 0.3 is 6.09 Å². The number of unbranched alkanes of at least 4 members (excludes halogenated alkanes) is 3. The Morgan fingerprint density at radius 1 is 1.28 bits per heavy atom. The third-order valence-electron chi connectivity index (χ3n) is 5.68. The molecule has 1 aliphatic carbocycles. The molecule has 1 unspecified atom stereocenters. The molecule has 32 heavy (non-hydrogen) atoms. The van der Waals surface area contributed by atoms with Crippen LogP contribution in [-0.4, -0.2) is 55.6 Å². The van der Waals surface area contributed by atoms with E-state index in [2.05, 4.69) is 6.92 Å². The number of ketones is 1. The van der Waals surface area contributed by atoms with Crippen LogP contribution in [0.3, 0.4) is 0 Å². The maximum absolute atomic E-state index is 12.3. The molecule has 0 aliphatic heterocycles. The van der Waals surface area contributed by atoms with Gasteiger partial charge in [-0.3, -0.25) is 4.79 Å². The van der Waals surface area contributed by atoms with Crippen molar-refractivity contribution in [3.63, 3.8) is 0 Å². The lowest BCUT2D eigenvalue weighted by Crippen LogP contribution is -2.30. The van der Waals surface area contributed by atoms with Gasteiger partial charge in [-0.25, -0.2) is 17.9 Å². The van der Waals surface area contributed by atoms with E-state index in [1.807, 2.05) is 19.1 Å². The number of carbonyl (C=O) groups excluding carboxylic acids is 2. The van der Waals surface area contributed by atoms with Crippen LogP contribution in [0.2, 0.25) is 0 Å². The first-order chi connectivity index (χ1) is 15.0. The monoisotopic (exact) mass is 473 g/mol. The van der Waals surface area contributed by atoms with Crippen LogP contribution in [0.1, 0.15) is 65.2 Å². The van der Waals surface area contributed by atoms with Gasteiger partial charge in [0.1, 0.15) is 5.78 Å². The van der Waals surface area contributed by atoms with Gasteiger partial charge in [0.25, 0.3) is 0 Å². The minimum Gasteiger partial charge on any atom is -0.449 e. The molecule has 1 saturated carbocycles. The molecule has 8 nitrogen and oxygen atoms in total. The summed E-state index contributed by atoms with van der Waals surface area (Å²) in [6, 6.07) is 0. The van der Waals surface area contributed by atoms with Crippen LogP contribution in [0.5, 0.6) is 0 Å². The number of allylic oxidation sites excluding steroid dienone is 2. The Labute approximate surface area is 192 Å². The van der Waals surface area contributed by atoms with Crippen molar-refractivity contribution in [2.75, 3.05) is 12.9 Å². The Morgan fingerprint density at radius 3 is 2.66 bits per heavy atom. The SMILES string of the molecule is CCCCC(C)[C@H](O)C=C[C@H]1[C@H](O)CC(=O)[C@@H]1CC=CCCCCOC(=O)NS(C)(=O)=O. The zero-order valence-corrected chi connectivity index (χ0v) is 20.2. The molecule has 1 aliphatic rings. The summed E-state index contributed by atoms with van der Waals surface area (Å²) in [7, 11) is -3.62. The highest BCUT2D eigenvalue weighted by atomic mass is 32.2. The first kappa shape index (κ1) is 28.3. The minimum atomic E-state index is -3.62. The molecule has 0 heterocycles. The largest absolute Gasteiger partial charge is 0.449 e. The third kappa shape index (κ3) is 11.2. The molecule has 1 rings (SSSR count). The van der Waals surface area contributed by atoms with Gasteiger partial charge in [0.15, 0.2) is 0 Å². The van der Waals surface area contributed by atoms with Crippen molar-refractivity contribution in [2.45, 2.75) is 77.4 Å². The number of rotatable bonds is 14. The molecule has 3 N–H and O–H groups in total. The summed E-state index contributed by atoms with van der Waals surface area (Å²) in [4.78, 5) is 23.5. The van der Waals surface area contributed by atoms with Gasteiger partial charge in [-0.15, -0.1) is 0 Å². The average Bonchev–Trinajstić information content (AvgIpc) is 2.97. The lowest BCUT2D eigenvalue weighted by atomic mass is 9.89. The minimum absolute atomic E-state index is 0.0376. The Hall–Kier alpha value is -1.71. The number of aliphatic hydroxyl groups is 2. The standard InChI is InChI=1S/C23H39NO7S/c1-4-5-11-17(2)20(25)14-13-19-18(21(26)16-22(19)27)12-9-7-6-8-10-15-31-23(28)24-32(3,29)30/h7,9,13-14,17-20,22,25,27H,4-6,8,10-12,15-16H2,1-3H3,(H,24,28)/t17?,18-,19-,20-,22-/m1/s1. The van der Waals surface area contributed by atoms with E-state index in [1.54, 1.807) is 16.9 Å². The quantitative estimate of drug-likeness (QED) is 0.261. The van der Waals surface area contributed by atoms with Crippen LogP contribution in [-0.2, 0) is 19.6 Å². The first-order valence-electron chi connectivity index (χ1n) is 11.4. The number of hydrogen-bond donors (Lipinski definition) is 3. The fourth-order valence-electron chi connectivity index (χ4n) is 3.73. The topological polar surface area (TPSA) is 130 Å². The van der Waals surface area contributed by atoms with Crippen LogP contribution in [0.25, 0.3) is 0 Å². The van der Waals surface area contributed by atoms with Gasteiger partial charge in [-0.05, 0) is 38.0 Å². The normalized spacial score (nSPS) is 23.7. The van der Waals surface area contributed by atoms with Crippen molar-refractivity contribution in [1.29, 1.82) is 0 Å². The Morgan fingerprint density at radius 2 is 2.00 bits per heavy atom. The zero-order valence-electron chi connectivity index (χ0n) is 19.4. The smallest absolute Gasteiger partial charge is 0.420 e. The molecule has 0 aromatic rings. The summed E-state index contributed by atoms with van der Waals surface area (Å²) < 4.78 is 28.3. The van der Waals surface area contributed by atoms with Crippen molar-refractivity contribution >= 4 is 21.9 Å². The zero-order chi connectivity index (χ0) is 24.1. The fourth-order valence-corrected chi connectivity index (χ4v) is 4.09. The maximum Gasteiger partial charge on any atom is 0.420 e. The summed E-state index contributed by atoms with van der Waals surface area (Å²) in [5.74, 6) is -0.406. The number of amides is 1. The lowest BCUT2D eigenvalue weighted by Gasteiger charge is -2.19. The van der Waals surface area contributed by atoms with E-state index in [1.165, 1.54) is 0 Å². The summed E-state index contributed by atoms with van der Waals surface area (Å²) in [5, 5.41) is 20.6. The molecule has 5 atom stereocenters. The molecule has 0 bridgehead atoms. The maximum atomic E-state index is 12.3. The second kappa shape index (κ2) is 14.4. The number of Topliss-reactive ketones (excluding diaryl/α,β-unsaturated/α-hetero) is 1. The molecule has 0 aromatic carbocycles. The molecule has 0 saturated heterocycles. The van der Waals surface area contributed by atoms with Crippen LogP contribution in [0.15, 0.2) is 24.3 Å². The number of sulfonamides is 1. The van der Waals surface area contributed by atoms with Crippen molar-refractivity contribution in [3.05, 3.63) is 24.3 Å². The van der Waals surface area contributed by atoms with E-state index in [0.717, 1.165) is 38.4 Å². The van der Waals surface area contributed by atoms with Crippen LogP contribution < -0.4 is 4.72 Å². The van der Waals surface area contributed by atoms with Gasteiger partial charge in [0.05, 0.1) is 25.1 Å². The highest BCUT2D eigenvalue weighted by molar-refractivity contribution is 7.89. The molecule has 9 heteroatoms. The number of aliphatic hydroxyl groups excluding tert-OH is 2. The Bertz CT molecular complexity index is 747. The highest BCUT2D eigenvalue weighted by Crippen LogP contribution is 2.33. The second-order valence-corrected chi connectivity index (χ2v) is 10.4. The van der Waals surface area contributed by atoms with E-state index < -0.39 is 28.3 Å². The molecule has 1 fully saturated rings. The molecular formula is C23H39NO7S.